The van der Waals surface area contributed by atoms with Crippen molar-refractivity contribution in [2.75, 3.05) is 39.4 Å². The summed E-state index contributed by atoms with van der Waals surface area (Å²) < 4.78 is 11.7. The average Bonchev–Trinajstić information content (AvgIpc) is 3.36. The third-order valence-electron chi connectivity index (χ3n) is 6.20. The number of ether oxygens (including phenoxy) is 2. The van der Waals surface area contributed by atoms with Gasteiger partial charge in [-0.3, -0.25) is 9.59 Å². The van der Waals surface area contributed by atoms with Gasteiger partial charge < -0.3 is 19.3 Å². The van der Waals surface area contributed by atoms with E-state index >= 15 is 0 Å². The fraction of sp³-hybridized carbons (Fsp3) is 0.462. The molecule has 1 atom stereocenters. The number of hydrogen-bond donors (Lipinski definition) is 0. The van der Waals surface area contributed by atoms with Crippen LogP contribution in [0.2, 0.25) is 0 Å². The molecule has 2 fully saturated rings. The predicted octanol–water partition coefficient (Wildman–Crippen LogP) is 3.93. The number of benzene rings is 2. The van der Waals surface area contributed by atoms with Crippen LogP contribution < -0.4 is 9.47 Å². The van der Waals surface area contributed by atoms with Crippen LogP contribution in [0.3, 0.4) is 0 Å². The molecule has 0 aromatic heterocycles. The Hall–Kier alpha value is -3.02. The van der Waals surface area contributed by atoms with Gasteiger partial charge in [0.15, 0.2) is 6.61 Å². The molecule has 2 aromatic carbocycles. The molecule has 170 valence electrons. The molecule has 2 aliphatic rings. The Balaban J connectivity index is 1.23. The molecule has 2 aliphatic heterocycles. The first-order valence-corrected chi connectivity index (χ1v) is 11.6. The second-order valence-electron chi connectivity index (χ2n) is 8.79. The van der Waals surface area contributed by atoms with Crippen molar-refractivity contribution in [2.24, 2.45) is 5.92 Å². The Morgan fingerprint density at radius 3 is 2.41 bits per heavy atom. The summed E-state index contributed by atoms with van der Waals surface area (Å²) in [7, 11) is 0. The third-order valence-corrected chi connectivity index (χ3v) is 6.20. The Bertz CT molecular complexity index is 922. The summed E-state index contributed by atoms with van der Waals surface area (Å²) in [5.74, 6) is 1.89. The molecule has 0 aliphatic carbocycles. The highest BCUT2D eigenvalue weighted by molar-refractivity contribution is 5.94. The maximum absolute atomic E-state index is 12.6. The van der Waals surface area contributed by atoms with E-state index in [0.717, 1.165) is 62.4 Å². The minimum Gasteiger partial charge on any atom is -0.493 e. The lowest BCUT2D eigenvalue weighted by atomic mass is 9.99. The van der Waals surface area contributed by atoms with E-state index in [2.05, 4.69) is 0 Å². The molecule has 6 nitrogen and oxygen atoms in total. The molecule has 0 N–H and O–H groups in total. The van der Waals surface area contributed by atoms with Crippen molar-refractivity contribution < 1.29 is 19.1 Å². The van der Waals surface area contributed by atoms with Gasteiger partial charge in [0.25, 0.3) is 11.8 Å². The maximum Gasteiger partial charge on any atom is 0.260 e. The lowest BCUT2D eigenvalue weighted by Gasteiger charge is -2.32. The Labute approximate surface area is 190 Å². The Morgan fingerprint density at radius 1 is 0.906 bits per heavy atom. The predicted molar refractivity (Wildman–Crippen MR) is 123 cm³/mol. The van der Waals surface area contributed by atoms with Gasteiger partial charge in [0.05, 0.1) is 6.61 Å². The van der Waals surface area contributed by atoms with Crippen LogP contribution in [0, 0.1) is 12.8 Å². The van der Waals surface area contributed by atoms with Gasteiger partial charge in [0, 0.05) is 37.7 Å². The first-order chi connectivity index (χ1) is 15.6. The van der Waals surface area contributed by atoms with Gasteiger partial charge in [0.1, 0.15) is 11.5 Å². The highest BCUT2D eigenvalue weighted by Crippen LogP contribution is 2.21. The average molecular weight is 437 g/mol. The summed E-state index contributed by atoms with van der Waals surface area (Å²) in [5.41, 5.74) is 1.82. The van der Waals surface area contributed by atoms with Crippen molar-refractivity contribution in [1.82, 2.24) is 9.80 Å². The second kappa shape index (κ2) is 10.5. The Kier molecular flexibility index (Phi) is 7.30. The number of amides is 2. The molecule has 2 aromatic rings. The zero-order valence-corrected chi connectivity index (χ0v) is 18.8. The molecule has 0 radical (unpaired) electrons. The Morgan fingerprint density at radius 2 is 1.66 bits per heavy atom. The van der Waals surface area contributed by atoms with Crippen molar-refractivity contribution in [2.45, 2.75) is 32.6 Å². The second-order valence-corrected chi connectivity index (χ2v) is 8.79. The smallest absolute Gasteiger partial charge is 0.260 e. The van der Waals surface area contributed by atoms with Gasteiger partial charge in [0.2, 0.25) is 0 Å². The number of hydrogen-bond acceptors (Lipinski definition) is 4. The summed E-state index contributed by atoms with van der Waals surface area (Å²) in [6.45, 7) is 5.77. The first kappa shape index (κ1) is 22.2. The molecule has 6 heteroatoms. The fourth-order valence-corrected chi connectivity index (χ4v) is 4.38. The van der Waals surface area contributed by atoms with Crippen LogP contribution in [0.4, 0.5) is 0 Å². The van der Waals surface area contributed by atoms with E-state index in [1.807, 2.05) is 65.3 Å². The van der Waals surface area contributed by atoms with Crippen LogP contribution in [0.1, 0.15) is 41.6 Å². The molecule has 0 bridgehead atoms. The van der Waals surface area contributed by atoms with Gasteiger partial charge in [-0.2, -0.15) is 0 Å². The monoisotopic (exact) mass is 436 g/mol. The van der Waals surface area contributed by atoms with E-state index in [1.165, 1.54) is 0 Å². The number of carbonyl (C=O) groups is 2. The highest BCUT2D eigenvalue weighted by atomic mass is 16.5. The zero-order chi connectivity index (χ0) is 22.3. The van der Waals surface area contributed by atoms with Crippen LogP contribution in [0.25, 0.3) is 0 Å². The minimum absolute atomic E-state index is 0.0148. The first-order valence-electron chi connectivity index (χ1n) is 11.6. The van der Waals surface area contributed by atoms with Gasteiger partial charge in [-0.25, -0.2) is 0 Å². The van der Waals surface area contributed by atoms with E-state index in [1.54, 1.807) is 0 Å². The molecule has 2 saturated heterocycles. The summed E-state index contributed by atoms with van der Waals surface area (Å²) >= 11 is 0. The van der Waals surface area contributed by atoms with Crippen LogP contribution in [0.5, 0.6) is 11.5 Å². The quantitative estimate of drug-likeness (QED) is 0.660. The molecular formula is C26H32N2O4. The van der Waals surface area contributed by atoms with Gasteiger partial charge in [-0.05, 0) is 74.6 Å². The van der Waals surface area contributed by atoms with Crippen LogP contribution in [-0.2, 0) is 4.79 Å². The van der Waals surface area contributed by atoms with Gasteiger partial charge >= 0.3 is 0 Å². The van der Waals surface area contributed by atoms with Crippen LogP contribution in [-0.4, -0.2) is 61.0 Å². The van der Waals surface area contributed by atoms with Gasteiger partial charge in [-0.15, -0.1) is 0 Å². The molecular weight excluding hydrogens is 404 g/mol. The van der Waals surface area contributed by atoms with E-state index < -0.39 is 0 Å². The number of piperidine rings is 1. The molecule has 32 heavy (non-hydrogen) atoms. The highest BCUT2D eigenvalue weighted by Gasteiger charge is 2.25. The van der Waals surface area contributed by atoms with E-state index in [-0.39, 0.29) is 24.3 Å². The molecule has 2 heterocycles. The third kappa shape index (κ3) is 5.81. The van der Waals surface area contributed by atoms with Gasteiger partial charge in [-0.1, -0.05) is 12.1 Å². The number of likely N-dealkylation sites (tertiary alicyclic amines) is 2. The molecule has 4 rings (SSSR count). The van der Waals surface area contributed by atoms with Crippen molar-refractivity contribution in [3.05, 3.63) is 59.7 Å². The number of rotatable bonds is 7. The van der Waals surface area contributed by atoms with E-state index in [4.69, 9.17) is 9.47 Å². The van der Waals surface area contributed by atoms with Crippen molar-refractivity contribution in [3.63, 3.8) is 0 Å². The van der Waals surface area contributed by atoms with E-state index in [0.29, 0.717) is 18.7 Å². The number of carbonyl (C=O) groups excluding carboxylic acids is 2. The van der Waals surface area contributed by atoms with E-state index in [9.17, 15) is 9.59 Å². The van der Waals surface area contributed by atoms with Crippen molar-refractivity contribution in [3.8, 4) is 11.5 Å². The summed E-state index contributed by atoms with van der Waals surface area (Å²) in [5, 5.41) is 0. The minimum atomic E-state index is 0.0148. The van der Waals surface area contributed by atoms with Crippen LogP contribution >= 0.6 is 0 Å². The fourth-order valence-electron chi connectivity index (χ4n) is 4.38. The zero-order valence-electron chi connectivity index (χ0n) is 18.8. The summed E-state index contributed by atoms with van der Waals surface area (Å²) in [6, 6.07) is 15.2. The largest absolute Gasteiger partial charge is 0.493 e. The normalized spacial score (nSPS) is 18.5. The lowest BCUT2D eigenvalue weighted by molar-refractivity contribution is -0.135. The standard InChI is InChI=1S/C26H32N2O4/c1-20-6-4-8-24(16-20)32-19-25(29)28-15-5-7-21(17-28)18-31-23-11-9-22(10-12-23)26(30)27-13-2-3-14-27/h4,6,8-12,16,21H,2-3,5,7,13-15,17-19H2,1H3. The number of nitrogens with zero attached hydrogens (tertiary/aromatic N) is 2. The SMILES string of the molecule is Cc1cccc(OCC(=O)N2CCCC(COc3ccc(C(=O)N4CCCC4)cc3)C2)c1. The summed E-state index contributed by atoms with van der Waals surface area (Å²) in [6.07, 6.45) is 4.18. The number of aryl methyl sites for hydroxylation is 1. The van der Waals surface area contributed by atoms with Crippen molar-refractivity contribution >= 4 is 11.8 Å². The topological polar surface area (TPSA) is 59.1 Å². The lowest BCUT2D eigenvalue weighted by Crippen LogP contribution is -2.43. The maximum atomic E-state index is 12.6. The molecule has 1 unspecified atom stereocenters. The van der Waals surface area contributed by atoms with Crippen molar-refractivity contribution in [1.29, 1.82) is 0 Å². The molecule has 0 spiro atoms. The molecule has 0 saturated carbocycles. The van der Waals surface area contributed by atoms with Crippen LogP contribution in [0.15, 0.2) is 48.5 Å². The summed E-state index contributed by atoms with van der Waals surface area (Å²) in [4.78, 5) is 28.9. The molecule has 2 amide bonds.